The number of piperidine rings is 1. The summed E-state index contributed by atoms with van der Waals surface area (Å²) in [7, 11) is 0. The van der Waals surface area contributed by atoms with Crippen LogP contribution < -0.4 is 0 Å². The first-order valence-corrected chi connectivity index (χ1v) is 6.45. The van der Waals surface area contributed by atoms with Gasteiger partial charge in [-0.3, -0.25) is 4.79 Å². The van der Waals surface area contributed by atoms with Crippen molar-refractivity contribution in [1.82, 2.24) is 4.90 Å². The maximum Gasteiger partial charge on any atom is 0.253 e. The predicted molar refractivity (Wildman–Crippen MR) is 69.7 cm³/mol. The van der Waals surface area contributed by atoms with Gasteiger partial charge < -0.3 is 4.90 Å². The normalized spacial score (nSPS) is 17.1. The molecular formula is C15H20NO. The van der Waals surface area contributed by atoms with Crippen LogP contribution in [0.15, 0.2) is 30.3 Å². The molecule has 0 aromatic heterocycles. The van der Waals surface area contributed by atoms with Gasteiger partial charge in [-0.05, 0) is 30.9 Å². The number of nitrogens with zero attached hydrogens (tertiary/aromatic N) is 1. The topological polar surface area (TPSA) is 20.3 Å². The Kier molecular flexibility index (Phi) is 4.18. The lowest BCUT2D eigenvalue weighted by atomic mass is 9.92. The molecule has 1 aliphatic rings. The van der Waals surface area contributed by atoms with Crippen LogP contribution in [0.4, 0.5) is 0 Å². The highest BCUT2D eigenvalue weighted by atomic mass is 16.2. The van der Waals surface area contributed by atoms with Crippen LogP contribution in [0.1, 0.15) is 36.0 Å². The number of benzene rings is 1. The van der Waals surface area contributed by atoms with E-state index in [1.54, 1.807) is 0 Å². The largest absolute Gasteiger partial charge is 0.339 e. The maximum absolute atomic E-state index is 12.2. The Bertz CT molecular complexity index is 352. The molecule has 0 spiro atoms. The molecule has 1 saturated heterocycles. The van der Waals surface area contributed by atoms with Crippen LogP contribution in [0.5, 0.6) is 0 Å². The van der Waals surface area contributed by atoms with E-state index in [9.17, 15) is 4.79 Å². The van der Waals surface area contributed by atoms with Crippen LogP contribution in [0.3, 0.4) is 0 Å². The van der Waals surface area contributed by atoms with Gasteiger partial charge in [-0.25, -0.2) is 0 Å². The van der Waals surface area contributed by atoms with Crippen molar-refractivity contribution >= 4 is 5.91 Å². The van der Waals surface area contributed by atoms with Gasteiger partial charge in [0.25, 0.3) is 5.91 Å². The predicted octanol–water partition coefficient (Wildman–Crippen LogP) is 3.15. The van der Waals surface area contributed by atoms with Crippen molar-refractivity contribution in [3.63, 3.8) is 0 Å². The highest BCUT2D eigenvalue weighted by Gasteiger charge is 2.22. The third-order valence-electron chi connectivity index (χ3n) is 3.53. The minimum atomic E-state index is 0.179. The van der Waals surface area contributed by atoms with Gasteiger partial charge in [0.1, 0.15) is 0 Å². The van der Waals surface area contributed by atoms with E-state index in [0.717, 1.165) is 43.8 Å². The molecule has 0 aliphatic carbocycles. The van der Waals surface area contributed by atoms with Crippen molar-refractivity contribution in [2.24, 2.45) is 5.92 Å². The Morgan fingerprint density at radius 1 is 1.24 bits per heavy atom. The van der Waals surface area contributed by atoms with Crippen molar-refractivity contribution < 1.29 is 4.79 Å². The van der Waals surface area contributed by atoms with E-state index in [-0.39, 0.29) is 5.91 Å². The van der Waals surface area contributed by atoms with Crippen LogP contribution in [-0.2, 0) is 0 Å². The smallest absolute Gasteiger partial charge is 0.253 e. The molecule has 0 unspecified atom stereocenters. The van der Waals surface area contributed by atoms with Gasteiger partial charge in [0.2, 0.25) is 0 Å². The highest BCUT2D eigenvalue weighted by molar-refractivity contribution is 5.94. The van der Waals surface area contributed by atoms with Crippen LogP contribution in [-0.4, -0.2) is 23.9 Å². The molecule has 1 radical (unpaired) electrons. The monoisotopic (exact) mass is 230 g/mol. The zero-order valence-corrected chi connectivity index (χ0v) is 10.3. The van der Waals surface area contributed by atoms with Gasteiger partial charge in [0.05, 0.1) is 0 Å². The molecule has 1 fully saturated rings. The average molecular weight is 230 g/mol. The van der Waals surface area contributed by atoms with Gasteiger partial charge >= 0.3 is 0 Å². The van der Waals surface area contributed by atoms with E-state index in [0.29, 0.717) is 0 Å². The van der Waals surface area contributed by atoms with Crippen LogP contribution in [0.25, 0.3) is 0 Å². The van der Waals surface area contributed by atoms with E-state index in [4.69, 9.17) is 0 Å². The fourth-order valence-electron chi connectivity index (χ4n) is 2.48. The second-order valence-corrected chi connectivity index (χ2v) is 4.74. The summed E-state index contributed by atoms with van der Waals surface area (Å²) in [4.78, 5) is 14.2. The zero-order chi connectivity index (χ0) is 12.1. The molecule has 2 heteroatoms. The summed E-state index contributed by atoms with van der Waals surface area (Å²) in [5, 5.41) is 0. The van der Waals surface area contributed by atoms with E-state index in [2.05, 4.69) is 6.92 Å². The first-order valence-electron chi connectivity index (χ1n) is 6.45. The molecular weight excluding hydrogens is 210 g/mol. The molecule has 1 aromatic carbocycles. The van der Waals surface area contributed by atoms with Crippen molar-refractivity contribution in [2.75, 3.05) is 13.1 Å². The lowest BCUT2D eigenvalue weighted by Crippen LogP contribution is -2.38. The maximum atomic E-state index is 12.2. The molecule has 91 valence electrons. The van der Waals surface area contributed by atoms with Crippen molar-refractivity contribution in [2.45, 2.75) is 25.7 Å². The minimum absolute atomic E-state index is 0.179. The second-order valence-electron chi connectivity index (χ2n) is 4.74. The number of rotatable bonds is 3. The molecule has 0 saturated carbocycles. The third kappa shape index (κ3) is 3.09. The third-order valence-corrected chi connectivity index (χ3v) is 3.53. The minimum Gasteiger partial charge on any atom is -0.339 e. The fourth-order valence-corrected chi connectivity index (χ4v) is 2.48. The molecule has 17 heavy (non-hydrogen) atoms. The van der Waals surface area contributed by atoms with Crippen molar-refractivity contribution in [1.29, 1.82) is 0 Å². The average Bonchev–Trinajstić information content (AvgIpc) is 2.40. The molecule has 1 aromatic rings. The number of likely N-dealkylation sites (tertiary alicyclic amines) is 1. The van der Waals surface area contributed by atoms with Crippen molar-refractivity contribution in [3.8, 4) is 0 Å². The summed E-state index contributed by atoms with van der Waals surface area (Å²) in [6.07, 6.45) is 4.48. The Hall–Kier alpha value is -1.31. The van der Waals surface area contributed by atoms with Crippen LogP contribution >= 0.6 is 0 Å². The SMILES string of the molecule is [CH2]CCC1CCN(C(=O)c2ccccc2)CC1. The Balaban J connectivity index is 1.91. The Labute approximate surface area is 104 Å². The fraction of sp³-hybridized carbons (Fsp3) is 0.467. The number of amides is 1. The van der Waals surface area contributed by atoms with E-state index in [1.165, 1.54) is 6.42 Å². The Morgan fingerprint density at radius 3 is 2.47 bits per heavy atom. The first kappa shape index (κ1) is 12.2. The number of hydrogen-bond acceptors (Lipinski definition) is 1. The van der Waals surface area contributed by atoms with Gasteiger partial charge in [0.15, 0.2) is 0 Å². The summed E-state index contributed by atoms with van der Waals surface area (Å²) in [5.41, 5.74) is 0.808. The molecule has 1 aliphatic heterocycles. The summed E-state index contributed by atoms with van der Waals surface area (Å²) in [6, 6.07) is 9.57. The number of carbonyl (C=O) groups excluding carboxylic acids is 1. The second kappa shape index (κ2) is 5.85. The molecule has 2 rings (SSSR count). The van der Waals surface area contributed by atoms with Gasteiger partial charge in [-0.2, -0.15) is 0 Å². The molecule has 0 atom stereocenters. The zero-order valence-electron chi connectivity index (χ0n) is 10.3. The van der Waals surface area contributed by atoms with Gasteiger partial charge in [-0.15, -0.1) is 0 Å². The highest BCUT2D eigenvalue weighted by Crippen LogP contribution is 2.22. The van der Waals surface area contributed by atoms with Gasteiger partial charge in [-0.1, -0.05) is 38.0 Å². The molecule has 2 nitrogen and oxygen atoms in total. The molecule has 1 amide bonds. The molecule has 0 bridgehead atoms. The van der Waals surface area contributed by atoms with Crippen molar-refractivity contribution in [3.05, 3.63) is 42.8 Å². The standard InChI is InChI=1S/C15H20NO/c1-2-6-13-9-11-16(12-10-13)15(17)14-7-4-3-5-8-14/h3-5,7-8,13H,1-2,6,9-12H2. The summed E-state index contributed by atoms with van der Waals surface area (Å²) < 4.78 is 0. The lowest BCUT2D eigenvalue weighted by molar-refractivity contribution is 0.0687. The molecule has 1 heterocycles. The van der Waals surface area contributed by atoms with E-state index < -0.39 is 0 Å². The van der Waals surface area contributed by atoms with Gasteiger partial charge in [0, 0.05) is 18.7 Å². The van der Waals surface area contributed by atoms with Crippen LogP contribution in [0.2, 0.25) is 0 Å². The summed E-state index contributed by atoms with van der Waals surface area (Å²) >= 11 is 0. The Morgan fingerprint density at radius 2 is 1.88 bits per heavy atom. The van der Waals surface area contributed by atoms with E-state index in [1.807, 2.05) is 35.2 Å². The molecule has 0 N–H and O–H groups in total. The summed E-state index contributed by atoms with van der Waals surface area (Å²) in [5.74, 6) is 0.950. The first-order chi connectivity index (χ1) is 8.31. The quantitative estimate of drug-likeness (QED) is 0.781. The number of carbonyl (C=O) groups is 1. The van der Waals surface area contributed by atoms with E-state index >= 15 is 0 Å². The lowest BCUT2D eigenvalue weighted by Gasteiger charge is -2.32. The van der Waals surface area contributed by atoms with Crippen LogP contribution in [0, 0.1) is 12.8 Å². The summed E-state index contributed by atoms with van der Waals surface area (Å²) in [6.45, 7) is 5.70. The number of hydrogen-bond donors (Lipinski definition) is 0.